The van der Waals surface area contributed by atoms with E-state index in [1.54, 1.807) is 37.2 Å². The van der Waals surface area contributed by atoms with Crippen molar-refractivity contribution < 1.29 is 23.1 Å². The fourth-order valence-electron chi connectivity index (χ4n) is 3.82. The summed E-state index contributed by atoms with van der Waals surface area (Å²) in [6, 6.07) is 11.3. The van der Waals surface area contributed by atoms with Crippen molar-refractivity contribution in [1.29, 1.82) is 0 Å². The van der Waals surface area contributed by atoms with Gasteiger partial charge in [0.1, 0.15) is 0 Å². The second-order valence-electron chi connectivity index (χ2n) is 8.59. The maximum Gasteiger partial charge on any atom is 0.337 e. The zero-order valence-corrected chi connectivity index (χ0v) is 20.6. The number of rotatable bonds is 9. The van der Waals surface area contributed by atoms with E-state index in [-0.39, 0.29) is 22.1 Å². The Morgan fingerprint density at radius 3 is 2.24 bits per heavy atom. The Bertz CT molecular complexity index is 1120. The lowest BCUT2D eigenvalue weighted by Crippen LogP contribution is -2.49. The molecule has 1 aliphatic heterocycles. The minimum absolute atomic E-state index is 0.0177. The molecule has 2 N–H and O–H groups in total. The first-order valence-electron chi connectivity index (χ1n) is 11.3. The molecule has 1 saturated heterocycles. The van der Waals surface area contributed by atoms with Gasteiger partial charge in [0.05, 0.1) is 22.7 Å². The molecule has 184 valence electrons. The molecule has 10 heteroatoms. The van der Waals surface area contributed by atoms with Gasteiger partial charge in [0, 0.05) is 46.0 Å². The third kappa shape index (κ3) is 6.27. The number of hydrogen-bond acceptors (Lipinski definition) is 6. The number of carboxylic acid groups (broad SMARTS) is 1. The minimum atomic E-state index is -3.93. The number of nitrogens with zero attached hydrogens (tertiary/aromatic N) is 3. The molecule has 0 bridgehead atoms. The average Bonchev–Trinajstić information content (AvgIpc) is 2.80. The van der Waals surface area contributed by atoms with Crippen LogP contribution < -0.4 is 9.62 Å². The zero-order chi connectivity index (χ0) is 24.9. The first-order chi connectivity index (χ1) is 16.1. The van der Waals surface area contributed by atoms with Crippen LogP contribution in [0.5, 0.6) is 0 Å². The second kappa shape index (κ2) is 10.9. The van der Waals surface area contributed by atoms with E-state index in [9.17, 15) is 23.1 Å². The summed E-state index contributed by atoms with van der Waals surface area (Å²) >= 11 is 0. The number of sulfonamides is 1. The van der Waals surface area contributed by atoms with Crippen LogP contribution in [-0.2, 0) is 21.2 Å². The summed E-state index contributed by atoms with van der Waals surface area (Å²) in [7, 11) is -0.483. The van der Waals surface area contributed by atoms with E-state index in [1.165, 1.54) is 24.3 Å². The Morgan fingerprint density at radius 2 is 1.68 bits per heavy atom. The van der Waals surface area contributed by atoms with Gasteiger partial charge < -0.3 is 14.9 Å². The molecule has 34 heavy (non-hydrogen) atoms. The van der Waals surface area contributed by atoms with Crippen molar-refractivity contribution in [3.05, 3.63) is 53.6 Å². The average molecular weight is 489 g/mol. The topological polar surface area (TPSA) is 110 Å². The largest absolute Gasteiger partial charge is 0.478 e. The van der Waals surface area contributed by atoms with Crippen LogP contribution in [0.2, 0.25) is 0 Å². The number of amides is 1. The van der Waals surface area contributed by atoms with Gasteiger partial charge in [-0.1, -0.05) is 25.5 Å². The highest BCUT2D eigenvalue weighted by Gasteiger charge is 2.23. The highest BCUT2D eigenvalue weighted by Crippen LogP contribution is 2.27. The summed E-state index contributed by atoms with van der Waals surface area (Å²) in [6.07, 6.45) is 1.82. The molecule has 2 aromatic carbocycles. The summed E-state index contributed by atoms with van der Waals surface area (Å²) in [5, 5.41) is 9.74. The summed E-state index contributed by atoms with van der Waals surface area (Å²) in [5.74, 6) is -1.17. The summed E-state index contributed by atoms with van der Waals surface area (Å²) in [4.78, 5) is 29.6. The van der Waals surface area contributed by atoms with Gasteiger partial charge in [0.2, 0.25) is 5.91 Å². The van der Waals surface area contributed by atoms with Crippen LogP contribution in [0, 0.1) is 0 Å². The molecule has 0 unspecified atom stereocenters. The smallest absolute Gasteiger partial charge is 0.337 e. The number of likely N-dealkylation sites (N-methyl/N-ethyl adjacent to an activating group) is 1. The molecule has 0 saturated carbocycles. The van der Waals surface area contributed by atoms with Gasteiger partial charge >= 0.3 is 5.97 Å². The molecule has 0 radical (unpaired) electrons. The fourth-order valence-corrected chi connectivity index (χ4v) is 4.90. The third-order valence-electron chi connectivity index (χ3n) is 5.85. The molecule has 2 aromatic rings. The quantitative estimate of drug-likeness (QED) is 0.557. The molecule has 1 aliphatic rings. The predicted octanol–water partition coefficient (Wildman–Crippen LogP) is 2.35. The van der Waals surface area contributed by atoms with Crippen LogP contribution in [0.1, 0.15) is 29.3 Å². The number of anilines is 2. The molecule has 1 fully saturated rings. The van der Waals surface area contributed by atoms with Crippen molar-refractivity contribution in [2.24, 2.45) is 0 Å². The van der Waals surface area contributed by atoms with Crippen molar-refractivity contribution in [1.82, 2.24) is 9.80 Å². The Kier molecular flexibility index (Phi) is 8.16. The van der Waals surface area contributed by atoms with Crippen LogP contribution in [-0.4, -0.2) is 82.0 Å². The molecular formula is C24H32N4O5S. The normalized spacial score (nSPS) is 14.6. The SMILES string of the molecule is CCCc1ccc(S(=O)(=O)Nc2ccc(N3CCN(CC(=O)N(C)C)CC3)cc2C(=O)O)cc1. The van der Waals surface area contributed by atoms with Crippen LogP contribution in [0.4, 0.5) is 11.4 Å². The number of aromatic carboxylic acids is 1. The van der Waals surface area contributed by atoms with Gasteiger partial charge in [-0.15, -0.1) is 0 Å². The summed E-state index contributed by atoms with van der Waals surface area (Å²) in [5.41, 5.74) is 1.64. The molecule has 1 heterocycles. The van der Waals surface area contributed by atoms with Crippen molar-refractivity contribution in [3.8, 4) is 0 Å². The Hall–Kier alpha value is -3.11. The molecule has 1 amide bonds. The Morgan fingerprint density at radius 1 is 1.03 bits per heavy atom. The van der Waals surface area contributed by atoms with Gasteiger partial charge in [-0.05, 0) is 42.3 Å². The second-order valence-corrected chi connectivity index (χ2v) is 10.3. The fraction of sp³-hybridized carbons (Fsp3) is 0.417. The van der Waals surface area contributed by atoms with Gasteiger partial charge in [0.25, 0.3) is 10.0 Å². The number of aryl methyl sites for hydroxylation is 1. The van der Waals surface area contributed by atoms with Crippen LogP contribution in [0.3, 0.4) is 0 Å². The number of benzene rings is 2. The van der Waals surface area contributed by atoms with E-state index in [1.807, 2.05) is 4.90 Å². The van der Waals surface area contributed by atoms with Crippen molar-refractivity contribution >= 4 is 33.3 Å². The van der Waals surface area contributed by atoms with Gasteiger partial charge in [-0.3, -0.25) is 14.4 Å². The van der Waals surface area contributed by atoms with Crippen molar-refractivity contribution in [2.45, 2.75) is 24.7 Å². The standard InChI is InChI=1S/C24H32N4O5S/c1-4-5-18-6-9-20(10-7-18)34(32,33)25-22-11-8-19(16-21(22)24(30)31)28-14-12-27(13-15-28)17-23(29)26(2)3/h6-11,16,25H,4-5,12-15,17H2,1-3H3,(H,30,31). The maximum absolute atomic E-state index is 12.9. The van der Waals surface area contributed by atoms with Crippen molar-refractivity contribution in [3.63, 3.8) is 0 Å². The van der Waals surface area contributed by atoms with E-state index in [4.69, 9.17) is 0 Å². The highest BCUT2D eigenvalue weighted by molar-refractivity contribution is 7.92. The number of carbonyl (C=O) groups excluding carboxylic acids is 1. The van der Waals surface area contributed by atoms with E-state index in [0.29, 0.717) is 38.4 Å². The maximum atomic E-state index is 12.9. The lowest BCUT2D eigenvalue weighted by molar-refractivity contribution is -0.129. The number of carboxylic acids is 1. The van der Waals surface area contributed by atoms with Crippen LogP contribution in [0.25, 0.3) is 0 Å². The minimum Gasteiger partial charge on any atom is -0.478 e. The van der Waals surface area contributed by atoms with Crippen LogP contribution >= 0.6 is 0 Å². The molecule has 0 aliphatic carbocycles. The lowest BCUT2D eigenvalue weighted by atomic mass is 10.1. The molecular weight excluding hydrogens is 456 g/mol. The summed E-state index contributed by atoms with van der Waals surface area (Å²) in [6.45, 7) is 5.01. The highest BCUT2D eigenvalue weighted by atomic mass is 32.2. The Balaban J connectivity index is 1.73. The first-order valence-corrected chi connectivity index (χ1v) is 12.8. The number of hydrogen-bond donors (Lipinski definition) is 2. The lowest BCUT2D eigenvalue weighted by Gasteiger charge is -2.36. The monoisotopic (exact) mass is 488 g/mol. The first kappa shape index (κ1) is 25.5. The zero-order valence-electron chi connectivity index (χ0n) is 19.8. The molecule has 0 spiro atoms. The number of carbonyl (C=O) groups is 2. The van der Waals surface area contributed by atoms with E-state index in [2.05, 4.69) is 16.5 Å². The summed E-state index contributed by atoms with van der Waals surface area (Å²) < 4.78 is 28.1. The van der Waals surface area contributed by atoms with Gasteiger partial charge in [0.15, 0.2) is 0 Å². The van der Waals surface area contributed by atoms with Gasteiger partial charge in [-0.25, -0.2) is 13.2 Å². The van der Waals surface area contributed by atoms with E-state index >= 15 is 0 Å². The van der Waals surface area contributed by atoms with E-state index in [0.717, 1.165) is 18.4 Å². The van der Waals surface area contributed by atoms with Gasteiger partial charge in [-0.2, -0.15) is 0 Å². The number of nitrogens with one attached hydrogen (secondary N) is 1. The Labute approximate surface area is 201 Å². The molecule has 0 aromatic heterocycles. The predicted molar refractivity (Wildman–Crippen MR) is 132 cm³/mol. The third-order valence-corrected chi connectivity index (χ3v) is 7.23. The number of piperazine rings is 1. The van der Waals surface area contributed by atoms with E-state index < -0.39 is 16.0 Å². The molecule has 9 nitrogen and oxygen atoms in total. The molecule has 0 atom stereocenters. The van der Waals surface area contributed by atoms with Crippen molar-refractivity contribution in [2.75, 3.05) is 56.4 Å². The van der Waals surface area contributed by atoms with Crippen LogP contribution in [0.15, 0.2) is 47.4 Å². The molecule has 3 rings (SSSR count).